The number of nitrogens with one attached hydrogen (secondary N) is 1. The fraction of sp³-hybridized carbons (Fsp3) is 0.444. The van der Waals surface area contributed by atoms with E-state index in [2.05, 4.69) is 24.1 Å². The first-order valence-corrected chi connectivity index (χ1v) is 8.97. The summed E-state index contributed by atoms with van der Waals surface area (Å²) < 4.78 is 13.2. The predicted octanol–water partition coefficient (Wildman–Crippen LogP) is 3.28. The van der Waals surface area contributed by atoms with Gasteiger partial charge in [0.1, 0.15) is 5.82 Å². The number of thiazole rings is 1. The van der Waals surface area contributed by atoms with Crippen LogP contribution in [0.1, 0.15) is 37.9 Å². The number of hydrogen-bond donors (Lipinski definition) is 2. The number of carbonyl (C=O) groups is 1. The zero-order valence-electron chi connectivity index (χ0n) is 13.9. The number of amides is 1. The van der Waals surface area contributed by atoms with Gasteiger partial charge in [0.2, 0.25) is 5.91 Å². The SMILES string of the molecule is CC1(C)C[C@]1(C(=O)NCCCc1csc(N)n1)c1ccc(F)cc1. The minimum Gasteiger partial charge on any atom is -0.375 e. The van der Waals surface area contributed by atoms with Crippen molar-refractivity contribution < 1.29 is 9.18 Å². The summed E-state index contributed by atoms with van der Waals surface area (Å²) in [6.45, 7) is 4.75. The van der Waals surface area contributed by atoms with Crippen molar-refractivity contribution in [2.24, 2.45) is 5.41 Å². The zero-order chi connectivity index (χ0) is 17.4. The summed E-state index contributed by atoms with van der Waals surface area (Å²) in [5.74, 6) is -0.257. The van der Waals surface area contributed by atoms with Gasteiger partial charge in [-0.25, -0.2) is 9.37 Å². The van der Waals surface area contributed by atoms with Gasteiger partial charge in [-0.05, 0) is 42.4 Å². The Hall–Kier alpha value is -1.95. The Labute approximate surface area is 145 Å². The van der Waals surface area contributed by atoms with E-state index in [0.29, 0.717) is 11.7 Å². The standard InChI is InChI=1S/C18H22FN3OS/c1-17(2)11-18(17,12-5-7-13(19)8-6-12)15(23)21-9-3-4-14-10-24-16(20)22-14/h5-8,10H,3-4,9,11H2,1-2H3,(H2,20,22)(H,21,23)/t18-/m1/s1. The van der Waals surface area contributed by atoms with Gasteiger partial charge < -0.3 is 11.1 Å². The Kier molecular flexibility index (Phi) is 4.34. The number of aromatic nitrogens is 1. The lowest BCUT2D eigenvalue weighted by molar-refractivity contribution is -0.124. The Morgan fingerprint density at radius 1 is 1.38 bits per heavy atom. The van der Waals surface area contributed by atoms with Crippen LogP contribution in [0.3, 0.4) is 0 Å². The van der Waals surface area contributed by atoms with Gasteiger partial charge in [0, 0.05) is 11.9 Å². The van der Waals surface area contributed by atoms with Gasteiger partial charge in [-0.3, -0.25) is 4.79 Å². The van der Waals surface area contributed by atoms with Crippen LogP contribution in [0, 0.1) is 11.2 Å². The summed E-state index contributed by atoms with van der Waals surface area (Å²) in [5, 5.41) is 5.56. The number of halogens is 1. The number of nitrogens with zero attached hydrogens (tertiary/aromatic N) is 1. The Bertz CT molecular complexity index is 741. The Morgan fingerprint density at radius 2 is 2.04 bits per heavy atom. The summed E-state index contributed by atoms with van der Waals surface area (Å²) in [6, 6.07) is 6.29. The van der Waals surface area contributed by atoms with Crippen LogP contribution in [0.2, 0.25) is 0 Å². The molecule has 0 unspecified atom stereocenters. The number of benzene rings is 1. The smallest absolute Gasteiger partial charge is 0.231 e. The highest BCUT2D eigenvalue weighted by molar-refractivity contribution is 7.13. The number of nitrogen functional groups attached to an aromatic ring is 1. The minimum absolute atomic E-state index is 0.0249. The van der Waals surface area contributed by atoms with Crippen LogP contribution >= 0.6 is 11.3 Å². The maximum Gasteiger partial charge on any atom is 0.231 e. The average molecular weight is 347 g/mol. The summed E-state index contributed by atoms with van der Waals surface area (Å²) in [6.07, 6.45) is 2.38. The molecule has 2 aromatic rings. The molecule has 1 saturated carbocycles. The maximum absolute atomic E-state index is 13.2. The highest BCUT2D eigenvalue weighted by Crippen LogP contribution is 2.64. The molecule has 3 N–H and O–H groups in total. The molecule has 1 aliphatic rings. The van der Waals surface area contributed by atoms with E-state index in [4.69, 9.17) is 5.73 Å². The molecule has 3 rings (SSSR count). The molecule has 1 aromatic carbocycles. The number of carbonyl (C=O) groups excluding carboxylic acids is 1. The number of nitrogens with two attached hydrogens (primary N) is 1. The van der Waals surface area contributed by atoms with Crippen molar-refractivity contribution in [3.8, 4) is 0 Å². The number of rotatable bonds is 6. The molecule has 1 atom stereocenters. The van der Waals surface area contributed by atoms with E-state index in [1.165, 1.54) is 23.5 Å². The van der Waals surface area contributed by atoms with E-state index in [1.54, 1.807) is 12.1 Å². The van der Waals surface area contributed by atoms with Crippen LogP contribution in [-0.2, 0) is 16.6 Å². The van der Waals surface area contributed by atoms with E-state index >= 15 is 0 Å². The van der Waals surface area contributed by atoms with E-state index in [9.17, 15) is 9.18 Å². The average Bonchev–Trinajstić information content (AvgIpc) is 2.89. The van der Waals surface area contributed by atoms with Crippen molar-refractivity contribution in [3.63, 3.8) is 0 Å². The van der Waals surface area contributed by atoms with Crippen LogP contribution in [0.25, 0.3) is 0 Å². The van der Waals surface area contributed by atoms with E-state index in [0.717, 1.165) is 30.5 Å². The molecule has 24 heavy (non-hydrogen) atoms. The molecule has 0 radical (unpaired) electrons. The molecule has 0 spiro atoms. The topological polar surface area (TPSA) is 68.0 Å². The first kappa shape index (κ1) is 16.9. The molecule has 1 aliphatic carbocycles. The normalized spacial score (nSPS) is 21.5. The third kappa shape index (κ3) is 3.02. The molecule has 1 fully saturated rings. The highest BCUT2D eigenvalue weighted by Gasteiger charge is 2.66. The maximum atomic E-state index is 13.2. The first-order valence-electron chi connectivity index (χ1n) is 8.09. The van der Waals surface area contributed by atoms with Crippen LogP contribution in [0.15, 0.2) is 29.6 Å². The van der Waals surface area contributed by atoms with Crippen molar-refractivity contribution in [2.75, 3.05) is 12.3 Å². The molecular weight excluding hydrogens is 325 g/mol. The first-order chi connectivity index (χ1) is 11.3. The van der Waals surface area contributed by atoms with Gasteiger partial charge in [-0.15, -0.1) is 11.3 Å². The van der Waals surface area contributed by atoms with Gasteiger partial charge in [0.25, 0.3) is 0 Å². The van der Waals surface area contributed by atoms with Crippen LogP contribution < -0.4 is 11.1 Å². The number of hydrogen-bond acceptors (Lipinski definition) is 4. The second kappa shape index (κ2) is 6.16. The fourth-order valence-electron chi connectivity index (χ4n) is 3.42. The third-order valence-electron chi connectivity index (χ3n) is 4.93. The second-order valence-electron chi connectivity index (χ2n) is 7.01. The molecule has 128 valence electrons. The Morgan fingerprint density at radius 3 is 2.58 bits per heavy atom. The van der Waals surface area contributed by atoms with Crippen molar-refractivity contribution in [3.05, 3.63) is 46.7 Å². The van der Waals surface area contributed by atoms with Crippen LogP contribution in [0.4, 0.5) is 9.52 Å². The summed E-state index contributed by atoms with van der Waals surface area (Å²) in [7, 11) is 0. The zero-order valence-corrected chi connectivity index (χ0v) is 14.8. The van der Waals surface area contributed by atoms with Crippen LogP contribution in [-0.4, -0.2) is 17.4 Å². The lowest BCUT2D eigenvalue weighted by Gasteiger charge is -2.20. The molecule has 1 aromatic heterocycles. The second-order valence-corrected chi connectivity index (χ2v) is 7.90. The van der Waals surface area contributed by atoms with Gasteiger partial charge in [-0.2, -0.15) is 0 Å². The van der Waals surface area contributed by atoms with Crippen molar-refractivity contribution >= 4 is 22.4 Å². The van der Waals surface area contributed by atoms with Crippen molar-refractivity contribution in [2.45, 2.75) is 38.5 Å². The number of aryl methyl sites for hydroxylation is 1. The van der Waals surface area contributed by atoms with E-state index in [-0.39, 0.29) is 17.1 Å². The summed E-state index contributed by atoms with van der Waals surface area (Å²) in [4.78, 5) is 17.0. The quantitative estimate of drug-likeness (QED) is 0.788. The minimum atomic E-state index is -0.550. The molecule has 0 aliphatic heterocycles. The largest absolute Gasteiger partial charge is 0.375 e. The monoisotopic (exact) mass is 347 g/mol. The molecule has 4 nitrogen and oxygen atoms in total. The molecular formula is C18H22FN3OS. The predicted molar refractivity (Wildman–Crippen MR) is 94.3 cm³/mol. The van der Waals surface area contributed by atoms with Gasteiger partial charge >= 0.3 is 0 Å². The van der Waals surface area contributed by atoms with Crippen molar-refractivity contribution in [1.29, 1.82) is 0 Å². The fourth-order valence-corrected chi connectivity index (χ4v) is 4.02. The summed E-state index contributed by atoms with van der Waals surface area (Å²) >= 11 is 1.43. The molecule has 0 bridgehead atoms. The van der Waals surface area contributed by atoms with Crippen molar-refractivity contribution in [1.82, 2.24) is 10.3 Å². The molecule has 6 heteroatoms. The third-order valence-corrected chi connectivity index (χ3v) is 5.65. The number of anilines is 1. The van der Waals surface area contributed by atoms with Gasteiger partial charge in [-0.1, -0.05) is 26.0 Å². The molecule has 1 amide bonds. The lowest BCUT2D eigenvalue weighted by Crippen LogP contribution is -2.38. The van der Waals surface area contributed by atoms with Crippen LogP contribution in [0.5, 0.6) is 0 Å². The Balaban J connectivity index is 1.60. The lowest BCUT2D eigenvalue weighted by atomic mass is 9.87. The van der Waals surface area contributed by atoms with E-state index < -0.39 is 5.41 Å². The highest BCUT2D eigenvalue weighted by atomic mass is 32.1. The molecule has 0 saturated heterocycles. The van der Waals surface area contributed by atoms with Gasteiger partial charge in [0.05, 0.1) is 11.1 Å². The van der Waals surface area contributed by atoms with E-state index in [1.807, 2.05) is 5.38 Å². The van der Waals surface area contributed by atoms with Gasteiger partial charge in [0.15, 0.2) is 5.13 Å². The summed E-state index contributed by atoms with van der Waals surface area (Å²) in [5.41, 5.74) is 6.80. The molecule has 1 heterocycles.